The summed E-state index contributed by atoms with van der Waals surface area (Å²) in [5.41, 5.74) is 2.89. The van der Waals surface area contributed by atoms with Crippen molar-refractivity contribution in [2.75, 3.05) is 0 Å². The molecule has 0 unspecified atom stereocenters. The highest BCUT2D eigenvalue weighted by Crippen LogP contribution is 2.35. The maximum atomic E-state index is 2.39. The lowest BCUT2D eigenvalue weighted by Crippen LogP contribution is -2.18. The fraction of sp³-hybridized carbons (Fsp3) is 0.667. The zero-order valence-corrected chi connectivity index (χ0v) is 12.3. The van der Waals surface area contributed by atoms with Crippen molar-refractivity contribution in [3.63, 3.8) is 0 Å². The lowest BCUT2D eigenvalue weighted by atomic mass is 9.75. The highest BCUT2D eigenvalue weighted by atomic mass is 14.3. The molecular weight excluding hydrogens is 216 g/mol. The average Bonchev–Trinajstić information content (AvgIpc) is 2.38. The molecule has 0 heteroatoms. The number of rotatable bonds is 4. The Morgan fingerprint density at radius 2 is 1.61 bits per heavy atom. The molecule has 18 heavy (non-hydrogen) atoms. The molecule has 0 saturated heterocycles. The van der Waals surface area contributed by atoms with Crippen molar-refractivity contribution in [1.82, 2.24) is 0 Å². The Kier molecular flexibility index (Phi) is 4.86. The monoisotopic (exact) mass is 244 g/mol. The van der Waals surface area contributed by atoms with E-state index in [0.717, 1.165) is 17.8 Å². The molecule has 0 N–H and O–H groups in total. The van der Waals surface area contributed by atoms with Crippen molar-refractivity contribution in [3.8, 4) is 0 Å². The molecule has 1 aromatic rings. The Hall–Kier alpha value is -0.780. The van der Waals surface area contributed by atoms with Gasteiger partial charge in [-0.25, -0.2) is 0 Å². The Balaban J connectivity index is 1.74. The van der Waals surface area contributed by atoms with E-state index in [9.17, 15) is 0 Å². The van der Waals surface area contributed by atoms with Gasteiger partial charge >= 0.3 is 0 Å². The van der Waals surface area contributed by atoms with Gasteiger partial charge in [0, 0.05) is 0 Å². The van der Waals surface area contributed by atoms with Crippen molar-refractivity contribution in [2.45, 2.75) is 59.3 Å². The van der Waals surface area contributed by atoms with Gasteiger partial charge < -0.3 is 0 Å². The molecule has 0 radical (unpaired) electrons. The molecule has 0 aromatic heterocycles. The topological polar surface area (TPSA) is 0 Å². The summed E-state index contributed by atoms with van der Waals surface area (Å²) in [6.07, 6.45) is 8.54. The SMILES string of the molecule is Cc1ccc(CCC2CCC(C(C)C)CC2)cc1. The van der Waals surface area contributed by atoms with Gasteiger partial charge in [0.05, 0.1) is 0 Å². The van der Waals surface area contributed by atoms with Gasteiger partial charge in [0.15, 0.2) is 0 Å². The molecule has 2 rings (SSSR count). The molecule has 1 aliphatic rings. The summed E-state index contributed by atoms with van der Waals surface area (Å²) >= 11 is 0. The highest BCUT2D eigenvalue weighted by Gasteiger charge is 2.22. The molecule has 1 fully saturated rings. The van der Waals surface area contributed by atoms with Crippen LogP contribution >= 0.6 is 0 Å². The maximum absolute atomic E-state index is 2.39. The van der Waals surface area contributed by atoms with Crippen molar-refractivity contribution in [3.05, 3.63) is 35.4 Å². The molecule has 1 aliphatic carbocycles. The van der Waals surface area contributed by atoms with Crippen molar-refractivity contribution in [2.24, 2.45) is 17.8 Å². The summed E-state index contributed by atoms with van der Waals surface area (Å²) in [5.74, 6) is 2.88. The lowest BCUT2D eigenvalue weighted by Gasteiger charge is -2.30. The summed E-state index contributed by atoms with van der Waals surface area (Å²) in [4.78, 5) is 0. The normalized spacial score (nSPS) is 24.4. The van der Waals surface area contributed by atoms with E-state index in [1.54, 1.807) is 0 Å². The number of hydrogen-bond donors (Lipinski definition) is 0. The van der Waals surface area contributed by atoms with E-state index in [1.165, 1.54) is 49.7 Å². The first-order valence-corrected chi connectivity index (χ1v) is 7.70. The van der Waals surface area contributed by atoms with Crippen LogP contribution < -0.4 is 0 Å². The summed E-state index contributed by atoms with van der Waals surface area (Å²) < 4.78 is 0. The highest BCUT2D eigenvalue weighted by molar-refractivity contribution is 5.21. The minimum atomic E-state index is 0.892. The molecule has 0 nitrogen and oxygen atoms in total. The summed E-state index contributed by atoms with van der Waals surface area (Å²) in [7, 11) is 0. The van der Waals surface area contributed by atoms with Crippen molar-refractivity contribution in [1.29, 1.82) is 0 Å². The van der Waals surface area contributed by atoms with E-state index in [4.69, 9.17) is 0 Å². The number of hydrogen-bond acceptors (Lipinski definition) is 0. The molecule has 0 aliphatic heterocycles. The van der Waals surface area contributed by atoms with E-state index in [-0.39, 0.29) is 0 Å². The van der Waals surface area contributed by atoms with Crippen LogP contribution in [-0.2, 0) is 6.42 Å². The second-order valence-electron chi connectivity index (χ2n) is 6.55. The van der Waals surface area contributed by atoms with E-state index < -0.39 is 0 Å². The third-order valence-corrected chi connectivity index (χ3v) is 4.80. The molecule has 0 bridgehead atoms. The average molecular weight is 244 g/mol. The van der Waals surface area contributed by atoms with Crippen LogP contribution in [0.4, 0.5) is 0 Å². The minimum Gasteiger partial charge on any atom is -0.0625 e. The predicted molar refractivity (Wildman–Crippen MR) is 79.8 cm³/mol. The van der Waals surface area contributed by atoms with E-state index >= 15 is 0 Å². The third-order valence-electron chi connectivity index (χ3n) is 4.80. The molecule has 1 aromatic carbocycles. The van der Waals surface area contributed by atoms with Crippen molar-refractivity contribution >= 4 is 0 Å². The largest absolute Gasteiger partial charge is 0.0625 e. The van der Waals surface area contributed by atoms with Gasteiger partial charge in [0.1, 0.15) is 0 Å². The van der Waals surface area contributed by atoms with Crippen LogP contribution in [-0.4, -0.2) is 0 Å². The Bertz CT molecular complexity index is 339. The zero-order chi connectivity index (χ0) is 13.0. The summed E-state index contributed by atoms with van der Waals surface area (Å²) in [6, 6.07) is 9.08. The fourth-order valence-electron chi connectivity index (χ4n) is 3.27. The van der Waals surface area contributed by atoms with Crippen LogP contribution in [0.15, 0.2) is 24.3 Å². The second-order valence-corrected chi connectivity index (χ2v) is 6.55. The first-order chi connectivity index (χ1) is 8.65. The minimum absolute atomic E-state index is 0.892. The van der Waals surface area contributed by atoms with Crippen LogP contribution in [0.1, 0.15) is 57.1 Å². The van der Waals surface area contributed by atoms with Gasteiger partial charge in [-0.15, -0.1) is 0 Å². The molecule has 100 valence electrons. The van der Waals surface area contributed by atoms with E-state index in [1.807, 2.05) is 0 Å². The van der Waals surface area contributed by atoms with Crippen LogP contribution in [0, 0.1) is 24.7 Å². The van der Waals surface area contributed by atoms with Crippen LogP contribution in [0.3, 0.4) is 0 Å². The number of benzene rings is 1. The second kappa shape index (κ2) is 6.41. The lowest BCUT2D eigenvalue weighted by molar-refractivity contribution is 0.217. The van der Waals surface area contributed by atoms with Gasteiger partial charge in [-0.3, -0.25) is 0 Å². The Labute approximate surface area is 113 Å². The predicted octanol–water partition coefficient (Wildman–Crippen LogP) is 5.39. The van der Waals surface area contributed by atoms with Gasteiger partial charge in [-0.05, 0) is 55.9 Å². The molecule has 1 saturated carbocycles. The molecule has 0 heterocycles. The van der Waals surface area contributed by atoms with Gasteiger partial charge in [-0.2, -0.15) is 0 Å². The molecule has 0 atom stereocenters. The smallest absolute Gasteiger partial charge is 0.0276 e. The number of aryl methyl sites for hydroxylation is 2. The Morgan fingerprint density at radius 1 is 1.00 bits per heavy atom. The molecular formula is C18H28. The van der Waals surface area contributed by atoms with Crippen molar-refractivity contribution < 1.29 is 0 Å². The van der Waals surface area contributed by atoms with Crippen LogP contribution in [0.2, 0.25) is 0 Å². The first-order valence-electron chi connectivity index (χ1n) is 7.70. The summed E-state index contributed by atoms with van der Waals surface area (Å²) in [6.45, 7) is 6.94. The Morgan fingerprint density at radius 3 is 2.17 bits per heavy atom. The summed E-state index contributed by atoms with van der Waals surface area (Å²) in [5, 5.41) is 0. The quantitative estimate of drug-likeness (QED) is 0.666. The van der Waals surface area contributed by atoms with Crippen LogP contribution in [0.25, 0.3) is 0 Å². The molecule has 0 spiro atoms. The zero-order valence-electron chi connectivity index (χ0n) is 12.3. The van der Waals surface area contributed by atoms with E-state index in [0.29, 0.717) is 0 Å². The van der Waals surface area contributed by atoms with Gasteiger partial charge in [0.2, 0.25) is 0 Å². The van der Waals surface area contributed by atoms with Gasteiger partial charge in [-0.1, -0.05) is 56.5 Å². The third kappa shape index (κ3) is 3.86. The molecule has 0 amide bonds. The van der Waals surface area contributed by atoms with E-state index in [2.05, 4.69) is 45.0 Å². The standard InChI is InChI=1S/C18H28/c1-14(2)18-12-10-17(11-13-18)9-8-16-6-4-15(3)5-7-16/h4-7,14,17-18H,8-13H2,1-3H3. The first kappa shape index (κ1) is 13.6. The van der Waals surface area contributed by atoms with Gasteiger partial charge in [0.25, 0.3) is 0 Å². The maximum Gasteiger partial charge on any atom is -0.0276 e. The fourth-order valence-corrected chi connectivity index (χ4v) is 3.27. The van der Waals surface area contributed by atoms with Crippen LogP contribution in [0.5, 0.6) is 0 Å².